The van der Waals surface area contributed by atoms with Gasteiger partial charge in [-0.3, -0.25) is 9.48 Å². The fourth-order valence-electron chi connectivity index (χ4n) is 4.37. The van der Waals surface area contributed by atoms with Gasteiger partial charge in [0.05, 0.1) is 6.20 Å². The third kappa shape index (κ3) is 5.03. The highest BCUT2D eigenvalue weighted by Crippen LogP contribution is 2.24. The van der Waals surface area contributed by atoms with E-state index in [1.807, 2.05) is 22.8 Å². The zero-order chi connectivity index (χ0) is 17.6. The second-order valence-electron chi connectivity index (χ2n) is 7.92. The van der Waals surface area contributed by atoms with Crippen LogP contribution >= 0.6 is 0 Å². The number of aromatic nitrogens is 3. The molecule has 2 aliphatic rings. The van der Waals surface area contributed by atoms with Crippen LogP contribution in [0, 0.1) is 11.8 Å². The van der Waals surface area contributed by atoms with Gasteiger partial charge in [0.2, 0.25) is 0 Å². The van der Waals surface area contributed by atoms with Gasteiger partial charge in [-0.2, -0.15) is 0 Å². The lowest BCUT2D eigenvalue weighted by molar-refractivity contribution is 0.0727. The number of piperidine rings is 1. The first-order valence-electron chi connectivity index (χ1n) is 10.0. The van der Waals surface area contributed by atoms with Crippen LogP contribution in [0.15, 0.2) is 6.20 Å². The number of carbonyl (C=O) groups excluding carboxylic acids is 1. The molecule has 0 N–H and O–H groups in total. The number of nitrogens with zero attached hydrogens (tertiary/aromatic N) is 5. The van der Waals surface area contributed by atoms with Gasteiger partial charge in [0.1, 0.15) is 0 Å². The summed E-state index contributed by atoms with van der Waals surface area (Å²) >= 11 is 0. The van der Waals surface area contributed by atoms with E-state index in [2.05, 4.69) is 22.1 Å². The molecule has 0 bridgehead atoms. The summed E-state index contributed by atoms with van der Waals surface area (Å²) in [4.78, 5) is 17.0. The minimum Gasteiger partial charge on any atom is -0.340 e. The molecular weight excluding hydrogens is 314 g/mol. The minimum absolute atomic E-state index is 0.00326. The summed E-state index contributed by atoms with van der Waals surface area (Å²) in [6, 6.07) is 0. The van der Waals surface area contributed by atoms with Gasteiger partial charge in [-0.25, -0.2) is 0 Å². The molecular formula is C19H33N5O. The largest absolute Gasteiger partial charge is 0.340 e. The molecule has 3 rings (SSSR count). The van der Waals surface area contributed by atoms with Crippen molar-refractivity contribution in [2.24, 2.45) is 11.8 Å². The first kappa shape index (κ1) is 18.4. The lowest BCUT2D eigenvalue weighted by Gasteiger charge is -2.33. The summed E-state index contributed by atoms with van der Waals surface area (Å²) in [6.07, 6.45) is 10.8. The second-order valence-corrected chi connectivity index (χ2v) is 7.92. The van der Waals surface area contributed by atoms with Crippen LogP contribution in [0.1, 0.15) is 62.4 Å². The van der Waals surface area contributed by atoms with E-state index in [9.17, 15) is 4.79 Å². The van der Waals surface area contributed by atoms with Crippen LogP contribution in [0.3, 0.4) is 0 Å². The van der Waals surface area contributed by atoms with E-state index in [0.717, 1.165) is 26.2 Å². The standard InChI is InChI=1S/C19H33N5O/c1-3-23-11-7-10-17(13-23)12-22(2)19(25)18-15-24(21-20-18)14-16-8-5-4-6-9-16/h15-17H,3-14H2,1-2H3. The average molecular weight is 348 g/mol. The highest BCUT2D eigenvalue weighted by molar-refractivity contribution is 5.91. The summed E-state index contributed by atoms with van der Waals surface area (Å²) in [5.74, 6) is 1.27. The average Bonchev–Trinajstić information content (AvgIpc) is 3.10. The van der Waals surface area contributed by atoms with Crippen LogP contribution in [-0.4, -0.2) is 63.9 Å². The number of rotatable bonds is 6. The molecule has 6 nitrogen and oxygen atoms in total. The third-order valence-electron chi connectivity index (χ3n) is 5.86. The summed E-state index contributed by atoms with van der Waals surface area (Å²) in [7, 11) is 1.90. The molecule has 0 radical (unpaired) electrons. The predicted molar refractivity (Wildman–Crippen MR) is 98.4 cm³/mol. The monoisotopic (exact) mass is 347 g/mol. The first-order valence-corrected chi connectivity index (χ1v) is 10.0. The Morgan fingerprint density at radius 2 is 1.96 bits per heavy atom. The second kappa shape index (κ2) is 8.79. The van der Waals surface area contributed by atoms with Crippen LogP contribution in [0.25, 0.3) is 0 Å². The van der Waals surface area contributed by atoms with Gasteiger partial charge in [0, 0.05) is 26.7 Å². The molecule has 6 heteroatoms. The number of carbonyl (C=O) groups is 1. The van der Waals surface area contributed by atoms with Crippen molar-refractivity contribution in [1.82, 2.24) is 24.8 Å². The maximum absolute atomic E-state index is 12.7. The summed E-state index contributed by atoms with van der Waals surface area (Å²) in [6.45, 7) is 7.32. The summed E-state index contributed by atoms with van der Waals surface area (Å²) < 4.78 is 1.87. The summed E-state index contributed by atoms with van der Waals surface area (Å²) in [5, 5.41) is 8.34. The Bertz CT molecular complexity index is 552. The number of amides is 1. The van der Waals surface area contributed by atoms with E-state index in [1.54, 1.807) is 0 Å². The van der Waals surface area contributed by atoms with Crippen LogP contribution in [0.2, 0.25) is 0 Å². The van der Waals surface area contributed by atoms with Gasteiger partial charge in [-0.05, 0) is 50.6 Å². The van der Waals surface area contributed by atoms with Crippen LogP contribution in [-0.2, 0) is 6.54 Å². The van der Waals surface area contributed by atoms with Crippen molar-refractivity contribution in [3.63, 3.8) is 0 Å². The third-order valence-corrected chi connectivity index (χ3v) is 5.86. The Kier molecular flexibility index (Phi) is 6.45. The molecule has 1 amide bonds. The molecule has 1 saturated carbocycles. The molecule has 140 valence electrons. The summed E-state index contributed by atoms with van der Waals surface area (Å²) in [5.41, 5.74) is 0.487. The Hall–Kier alpha value is -1.43. The van der Waals surface area contributed by atoms with Gasteiger partial charge in [0.25, 0.3) is 5.91 Å². The van der Waals surface area contributed by atoms with E-state index < -0.39 is 0 Å². The van der Waals surface area contributed by atoms with Gasteiger partial charge >= 0.3 is 0 Å². The van der Waals surface area contributed by atoms with Crippen LogP contribution in [0.4, 0.5) is 0 Å². The topological polar surface area (TPSA) is 54.3 Å². The molecule has 1 unspecified atom stereocenters. The maximum Gasteiger partial charge on any atom is 0.275 e. The molecule has 0 aromatic carbocycles. The number of hydrogen-bond donors (Lipinski definition) is 0. The van der Waals surface area contributed by atoms with Gasteiger partial charge in [0.15, 0.2) is 5.69 Å². The molecule has 1 aromatic rings. The van der Waals surface area contributed by atoms with E-state index in [4.69, 9.17) is 0 Å². The first-order chi connectivity index (χ1) is 12.2. The predicted octanol–water partition coefficient (Wildman–Crippen LogP) is 2.66. The normalized spacial score (nSPS) is 22.9. The lowest BCUT2D eigenvalue weighted by atomic mass is 9.89. The fourth-order valence-corrected chi connectivity index (χ4v) is 4.37. The van der Waals surface area contributed by atoms with E-state index >= 15 is 0 Å². The molecule has 1 aliphatic heterocycles. The van der Waals surface area contributed by atoms with Crippen LogP contribution in [0.5, 0.6) is 0 Å². The van der Waals surface area contributed by atoms with Crippen LogP contribution < -0.4 is 0 Å². The molecule has 2 heterocycles. The molecule has 1 aliphatic carbocycles. The minimum atomic E-state index is 0.00326. The number of likely N-dealkylation sites (tertiary alicyclic amines) is 1. The zero-order valence-electron chi connectivity index (χ0n) is 15.9. The highest BCUT2D eigenvalue weighted by Gasteiger charge is 2.24. The zero-order valence-corrected chi connectivity index (χ0v) is 15.9. The van der Waals surface area contributed by atoms with Crippen molar-refractivity contribution in [1.29, 1.82) is 0 Å². The Morgan fingerprint density at radius 1 is 1.20 bits per heavy atom. The molecule has 1 atom stereocenters. The molecule has 1 aromatic heterocycles. The fraction of sp³-hybridized carbons (Fsp3) is 0.842. The van der Waals surface area contributed by atoms with Crippen molar-refractivity contribution in [2.45, 2.75) is 58.4 Å². The Morgan fingerprint density at radius 3 is 2.72 bits per heavy atom. The van der Waals surface area contributed by atoms with E-state index in [1.165, 1.54) is 51.5 Å². The van der Waals surface area contributed by atoms with Gasteiger partial charge < -0.3 is 9.80 Å². The highest BCUT2D eigenvalue weighted by atomic mass is 16.2. The quantitative estimate of drug-likeness (QED) is 0.794. The number of hydrogen-bond acceptors (Lipinski definition) is 4. The molecule has 25 heavy (non-hydrogen) atoms. The van der Waals surface area contributed by atoms with Gasteiger partial charge in [-0.15, -0.1) is 5.10 Å². The van der Waals surface area contributed by atoms with Crippen molar-refractivity contribution in [2.75, 3.05) is 33.2 Å². The molecule has 0 spiro atoms. The molecule has 2 fully saturated rings. The van der Waals surface area contributed by atoms with E-state index in [-0.39, 0.29) is 5.91 Å². The Balaban J connectivity index is 1.51. The SMILES string of the molecule is CCN1CCCC(CN(C)C(=O)c2cn(CC3CCCCC3)nn2)C1. The van der Waals surface area contributed by atoms with E-state index in [0.29, 0.717) is 17.5 Å². The lowest BCUT2D eigenvalue weighted by Crippen LogP contribution is -2.41. The van der Waals surface area contributed by atoms with Crippen molar-refractivity contribution in [3.8, 4) is 0 Å². The molecule has 1 saturated heterocycles. The van der Waals surface area contributed by atoms with Gasteiger partial charge in [-0.1, -0.05) is 31.4 Å². The van der Waals surface area contributed by atoms with Crippen molar-refractivity contribution >= 4 is 5.91 Å². The maximum atomic E-state index is 12.7. The van der Waals surface area contributed by atoms with Crippen molar-refractivity contribution in [3.05, 3.63) is 11.9 Å². The Labute approximate surface area is 151 Å². The van der Waals surface area contributed by atoms with Crippen molar-refractivity contribution < 1.29 is 4.79 Å². The smallest absolute Gasteiger partial charge is 0.275 e.